The fourth-order valence-electron chi connectivity index (χ4n) is 3.37. The van der Waals surface area contributed by atoms with Crippen molar-refractivity contribution >= 4 is 15.9 Å². The molecule has 2 aromatic rings. The van der Waals surface area contributed by atoms with Crippen LogP contribution in [0.25, 0.3) is 0 Å². The Kier molecular flexibility index (Phi) is 6.67. The van der Waals surface area contributed by atoms with Gasteiger partial charge in [0.15, 0.2) is 11.5 Å². The highest BCUT2D eigenvalue weighted by atomic mass is 32.2. The van der Waals surface area contributed by atoms with Crippen molar-refractivity contribution in [2.75, 3.05) is 13.2 Å². The van der Waals surface area contributed by atoms with Gasteiger partial charge in [-0.25, -0.2) is 8.42 Å². The van der Waals surface area contributed by atoms with Crippen LogP contribution in [0.4, 0.5) is 0 Å². The highest BCUT2D eigenvalue weighted by Crippen LogP contribution is 2.32. The number of nitrogens with one attached hydrogen (secondary N) is 2. The van der Waals surface area contributed by atoms with E-state index in [1.54, 1.807) is 19.9 Å². The molecule has 0 bridgehead atoms. The Hall–Kier alpha value is -2.58. The van der Waals surface area contributed by atoms with Crippen molar-refractivity contribution < 1.29 is 22.7 Å². The van der Waals surface area contributed by atoms with Crippen molar-refractivity contribution in [2.45, 2.75) is 44.7 Å². The molecule has 0 aromatic heterocycles. The maximum atomic E-state index is 13.0. The van der Waals surface area contributed by atoms with Crippen LogP contribution in [-0.2, 0) is 14.8 Å². The third-order valence-electron chi connectivity index (χ3n) is 5.07. The molecule has 162 valence electrons. The summed E-state index contributed by atoms with van der Waals surface area (Å²) in [7, 11) is -3.94. The average Bonchev–Trinajstić information content (AvgIpc) is 2.71. The molecule has 0 spiro atoms. The molecule has 3 rings (SSSR count). The van der Waals surface area contributed by atoms with E-state index >= 15 is 0 Å². The Morgan fingerprint density at radius 1 is 1.00 bits per heavy atom. The molecule has 2 aromatic carbocycles. The SMILES string of the molecule is Cc1ccccc1[C@@H](C)NC(=O)[C@@H](NS(=O)(=O)c1ccc2c(c1)OCCO2)C(C)C. The minimum atomic E-state index is -3.94. The minimum absolute atomic E-state index is 0.0251. The smallest absolute Gasteiger partial charge is 0.241 e. The number of benzene rings is 2. The van der Waals surface area contributed by atoms with E-state index in [9.17, 15) is 13.2 Å². The highest BCUT2D eigenvalue weighted by Gasteiger charge is 2.30. The first-order valence-corrected chi connectivity index (χ1v) is 11.4. The van der Waals surface area contributed by atoms with Gasteiger partial charge in [0.25, 0.3) is 0 Å². The fraction of sp³-hybridized carbons (Fsp3) is 0.409. The van der Waals surface area contributed by atoms with Gasteiger partial charge >= 0.3 is 0 Å². The van der Waals surface area contributed by atoms with Crippen LogP contribution >= 0.6 is 0 Å². The van der Waals surface area contributed by atoms with Crippen LogP contribution in [0.1, 0.15) is 37.9 Å². The van der Waals surface area contributed by atoms with Crippen LogP contribution in [0.2, 0.25) is 0 Å². The normalized spacial score (nSPS) is 15.5. The topological polar surface area (TPSA) is 93.7 Å². The van der Waals surface area contributed by atoms with Gasteiger partial charge in [0.2, 0.25) is 15.9 Å². The number of hydrogen-bond donors (Lipinski definition) is 2. The highest BCUT2D eigenvalue weighted by molar-refractivity contribution is 7.89. The quantitative estimate of drug-likeness (QED) is 0.702. The van der Waals surface area contributed by atoms with Crippen molar-refractivity contribution in [1.29, 1.82) is 0 Å². The molecule has 1 aliphatic rings. The third kappa shape index (κ3) is 4.94. The van der Waals surface area contributed by atoms with Gasteiger partial charge < -0.3 is 14.8 Å². The van der Waals surface area contributed by atoms with E-state index in [4.69, 9.17) is 9.47 Å². The Morgan fingerprint density at radius 2 is 1.67 bits per heavy atom. The number of fused-ring (bicyclic) bond motifs is 1. The van der Waals surface area contributed by atoms with Gasteiger partial charge in [-0.1, -0.05) is 38.1 Å². The lowest BCUT2D eigenvalue weighted by atomic mass is 10.0. The molecule has 8 heteroatoms. The minimum Gasteiger partial charge on any atom is -0.486 e. The average molecular weight is 433 g/mol. The predicted molar refractivity (Wildman–Crippen MR) is 114 cm³/mol. The molecule has 7 nitrogen and oxygen atoms in total. The summed E-state index contributed by atoms with van der Waals surface area (Å²) in [4.78, 5) is 13.0. The number of aryl methyl sites for hydroxylation is 1. The number of rotatable bonds is 7. The summed E-state index contributed by atoms with van der Waals surface area (Å²) in [5.74, 6) is 0.260. The Morgan fingerprint density at radius 3 is 2.33 bits per heavy atom. The Bertz CT molecular complexity index is 1020. The summed E-state index contributed by atoms with van der Waals surface area (Å²) < 4.78 is 39.4. The monoisotopic (exact) mass is 432 g/mol. The molecule has 2 N–H and O–H groups in total. The lowest BCUT2D eigenvalue weighted by Crippen LogP contribution is -2.50. The van der Waals surface area contributed by atoms with Crippen LogP contribution in [0.15, 0.2) is 47.4 Å². The van der Waals surface area contributed by atoms with E-state index in [-0.39, 0.29) is 22.8 Å². The standard InChI is InChI=1S/C22H28N2O5S/c1-14(2)21(22(25)23-16(4)18-8-6-5-7-15(18)3)24-30(26,27)17-9-10-19-20(13-17)29-12-11-28-19/h5-10,13-14,16,21,24H,11-12H2,1-4H3,(H,23,25)/t16-,21+/m1/s1. The molecule has 0 saturated heterocycles. The van der Waals surface area contributed by atoms with Gasteiger partial charge in [0, 0.05) is 6.07 Å². The zero-order valence-corrected chi connectivity index (χ0v) is 18.5. The number of ether oxygens (including phenoxy) is 2. The maximum Gasteiger partial charge on any atom is 0.241 e. The van der Waals surface area contributed by atoms with Gasteiger partial charge in [-0.3, -0.25) is 4.79 Å². The van der Waals surface area contributed by atoms with E-state index in [1.165, 1.54) is 12.1 Å². The second kappa shape index (κ2) is 9.06. The molecule has 1 heterocycles. The zero-order chi connectivity index (χ0) is 21.9. The van der Waals surface area contributed by atoms with Crippen molar-refractivity contribution in [2.24, 2.45) is 5.92 Å². The summed E-state index contributed by atoms with van der Waals surface area (Å²) in [6, 6.07) is 11.0. The summed E-state index contributed by atoms with van der Waals surface area (Å²) in [6.07, 6.45) is 0. The molecular weight excluding hydrogens is 404 g/mol. The number of hydrogen-bond acceptors (Lipinski definition) is 5. The van der Waals surface area contributed by atoms with Crippen LogP contribution < -0.4 is 19.5 Å². The van der Waals surface area contributed by atoms with Gasteiger partial charge in [-0.2, -0.15) is 4.72 Å². The molecule has 1 aliphatic heterocycles. The van der Waals surface area contributed by atoms with Crippen molar-refractivity contribution in [3.8, 4) is 11.5 Å². The van der Waals surface area contributed by atoms with E-state index in [1.807, 2.05) is 38.1 Å². The fourth-order valence-corrected chi connectivity index (χ4v) is 4.73. The predicted octanol–water partition coefficient (Wildman–Crippen LogP) is 2.95. The second-order valence-corrected chi connectivity index (χ2v) is 9.45. The lowest BCUT2D eigenvalue weighted by molar-refractivity contribution is -0.124. The number of amides is 1. The van der Waals surface area contributed by atoms with Gasteiger partial charge in [0.1, 0.15) is 19.3 Å². The van der Waals surface area contributed by atoms with Crippen LogP contribution in [0, 0.1) is 12.8 Å². The van der Waals surface area contributed by atoms with Crippen molar-refractivity contribution in [3.63, 3.8) is 0 Å². The Labute approximate surface area is 177 Å². The molecule has 0 fully saturated rings. The molecule has 2 atom stereocenters. The Balaban J connectivity index is 1.77. The van der Waals surface area contributed by atoms with E-state index in [2.05, 4.69) is 10.0 Å². The first-order valence-electron chi connectivity index (χ1n) is 9.97. The van der Waals surface area contributed by atoms with E-state index in [0.717, 1.165) is 11.1 Å². The molecule has 0 unspecified atom stereocenters. The number of carbonyl (C=O) groups excluding carboxylic acids is 1. The molecule has 30 heavy (non-hydrogen) atoms. The summed E-state index contributed by atoms with van der Waals surface area (Å²) in [5.41, 5.74) is 2.05. The zero-order valence-electron chi connectivity index (χ0n) is 17.6. The molecule has 0 radical (unpaired) electrons. The van der Waals surface area contributed by atoms with Gasteiger partial charge in [-0.15, -0.1) is 0 Å². The third-order valence-corrected chi connectivity index (χ3v) is 6.51. The van der Waals surface area contributed by atoms with Gasteiger partial charge in [-0.05, 0) is 43.0 Å². The molecular formula is C22H28N2O5S. The van der Waals surface area contributed by atoms with Crippen LogP contribution in [-0.4, -0.2) is 33.6 Å². The second-order valence-electron chi connectivity index (χ2n) is 7.74. The number of sulfonamides is 1. The van der Waals surface area contributed by atoms with Crippen molar-refractivity contribution in [3.05, 3.63) is 53.6 Å². The van der Waals surface area contributed by atoms with Gasteiger partial charge in [0.05, 0.1) is 10.9 Å². The first kappa shape index (κ1) is 22.1. The van der Waals surface area contributed by atoms with Crippen molar-refractivity contribution in [1.82, 2.24) is 10.0 Å². The largest absolute Gasteiger partial charge is 0.486 e. The molecule has 1 amide bonds. The van der Waals surface area contributed by atoms with E-state index in [0.29, 0.717) is 24.7 Å². The lowest BCUT2D eigenvalue weighted by Gasteiger charge is -2.25. The summed E-state index contributed by atoms with van der Waals surface area (Å²) in [6.45, 7) is 8.24. The number of carbonyl (C=O) groups is 1. The van der Waals surface area contributed by atoms with E-state index < -0.39 is 16.1 Å². The first-order chi connectivity index (χ1) is 14.2. The van der Waals surface area contributed by atoms with Crippen LogP contribution in [0.3, 0.4) is 0 Å². The summed E-state index contributed by atoms with van der Waals surface area (Å²) in [5, 5.41) is 2.93. The molecule has 0 saturated carbocycles. The van der Waals surface area contributed by atoms with Crippen LogP contribution in [0.5, 0.6) is 11.5 Å². The molecule has 0 aliphatic carbocycles. The maximum absolute atomic E-state index is 13.0. The summed E-state index contributed by atoms with van der Waals surface area (Å²) >= 11 is 0.